The Hall–Kier alpha value is -1.88. The molecule has 5 nitrogen and oxygen atoms in total. The van der Waals surface area contributed by atoms with E-state index in [9.17, 15) is 9.59 Å². The highest BCUT2D eigenvalue weighted by Gasteiger charge is 2.15. The minimum atomic E-state index is -0.0926. The van der Waals surface area contributed by atoms with Crippen LogP contribution in [0.2, 0.25) is 0 Å². The van der Waals surface area contributed by atoms with Crippen molar-refractivity contribution in [3.8, 4) is 5.75 Å². The highest BCUT2D eigenvalue weighted by Crippen LogP contribution is 2.28. The molecule has 1 aromatic carbocycles. The molecule has 5 heteroatoms. The predicted octanol–water partition coefficient (Wildman–Crippen LogP) is 1.20. The maximum Gasteiger partial charge on any atom is 0.227 e. The van der Waals surface area contributed by atoms with E-state index < -0.39 is 0 Å². The molecule has 0 atom stereocenters. The van der Waals surface area contributed by atoms with Crippen molar-refractivity contribution in [3.05, 3.63) is 23.8 Å². The van der Waals surface area contributed by atoms with Crippen molar-refractivity contribution in [2.24, 2.45) is 0 Å². The van der Waals surface area contributed by atoms with Crippen molar-refractivity contribution in [1.82, 2.24) is 5.32 Å². The molecule has 1 aliphatic rings. The van der Waals surface area contributed by atoms with E-state index in [1.807, 2.05) is 6.92 Å². The lowest BCUT2D eigenvalue weighted by Gasteiger charge is -2.09. The molecule has 0 aliphatic carbocycles. The highest BCUT2D eigenvalue weighted by atomic mass is 16.5. The number of ketones is 1. The molecule has 96 valence electrons. The molecule has 0 unspecified atom stereocenters. The molecule has 1 heterocycles. The summed E-state index contributed by atoms with van der Waals surface area (Å²) in [6.45, 7) is 3.35. The van der Waals surface area contributed by atoms with Crippen LogP contribution >= 0.6 is 0 Å². The van der Waals surface area contributed by atoms with Gasteiger partial charge in [0, 0.05) is 5.56 Å². The van der Waals surface area contributed by atoms with Crippen LogP contribution in [-0.2, 0) is 4.79 Å². The average molecular weight is 248 g/mol. The smallest absolute Gasteiger partial charge is 0.227 e. The SMILES string of the molecule is CCNCC(=O)c1ccc2c(c1)NC(=O)CCO2. The number of carbonyl (C=O) groups is 2. The zero-order valence-electron chi connectivity index (χ0n) is 10.3. The first-order valence-electron chi connectivity index (χ1n) is 6.01. The fraction of sp³-hybridized carbons (Fsp3) is 0.385. The zero-order chi connectivity index (χ0) is 13.0. The molecule has 0 radical (unpaired) electrons. The van der Waals surface area contributed by atoms with Crippen LogP contribution in [0.5, 0.6) is 5.75 Å². The first-order valence-corrected chi connectivity index (χ1v) is 6.01. The maximum atomic E-state index is 11.8. The summed E-state index contributed by atoms with van der Waals surface area (Å²) in [5, 5.41) is 5.72. The molecular weight excluding hydrogens is 232 g/mol. The third-order valence-electron chi connectivity index (χ3n) is 2.70. The first-order chi connectivity index (χ1) is 8.70. The summed E-state index contributed by atoms with van der Waals surface area (Å²) in [5.41, 5.74) is 1.14. The summed E-state index contributed by atoms with van der Waals surface area (Å²) in [7, 11) is 0. The minimum Gasteiger partial charge on any atom is -0.491 e. The maximum absolute atomic E-state index is 11.8. The van der Waals surface area contributed by atoms with Gasteiger partial charge in [-0.3, -0.25) is 9.59 Å². The van der Waals surface area contributed by atoms with Crippen molar-refractivity contribution in [2.45, 2.75) is 13.3 Å². The fourth-order valence-corrected chi connectivity index (χ4v) is 1.73. The van der Waals surface area contributed by atoms with Gasteiger partial charge in [-0.15, -0.1) is 0 Å². The number of benzene rings is 1. The average Bonchev–Trinajstić information content (AvgIpc) is 2.55. The number of fused-ring (bicyclic) bond motifs is 1. The van der Waals surface area contributed by atoms with E-state index in [-0.39, 0.29) is 11.7 Å². The first kappa shape index (κ1) is 12.6. The lowest BCUT2D eigenvalue weighted by atomic mass is 10.1. The number of rotatable bonds is 4. The molecule has 0 spiro atoms. The number of likely N-dealkylation sites (N-methyl/N-ethyl adjacent to an activating group) is 1. The monoisotopic (exact) mass is 248 g/mol. The number of ether oxygens (including phenoxy) is 1. The van der Waals surface area contributed by atoms with Crippen LogP contribution in [-0.4, -0.2) is 31.4 Å². The van der Waals surface area contributed by atoms with Gasteiger partial charge >= 0.3 is 0 Å². The van der Waals surface area contributed by atoms with Crippen LogP contribution < -0.4 is 15.4 Å². The van der Waals surface area contributed by atoms with Crippen LogP contribution in [0.4, 0.5) is 5.69 Å². The van der Waals surface area contributed by atoms with Gasteiger partial charge < -0.3 is 15.4 Å². The Balaban J connectivity index is 2.20. The van der Waals surface area contributed by atoms with Gasteiger partial charge in [-0.25, -0.2) is 0 Å². The van der Waals surface area contributed by atoms with Crippen LogP contribution in [0.3, 0.4) is 0 Å². The lowest BCUT2D eigenvalue weighted by molar-refractivity contribution is -0.116. The van der Waals surface area contributed by atoms with Gasteiger partial charge in [-0.2, -0.15) is 0 Å². The molecule has 2 N–H and O–H groups in total. The molecule has 0 aromatic heterocycles. The largest absolute Gasteiger partial charge is 0.491 e. The second-order valence-corrected chi connectivity index (χ2v) is 4.06. The second-order valence-electron chi connectivity index (χ2n) is 4.06. The van der Waals surface area contributed by atoms with Gasteiger partial charge in [0.15, 0.2) is 5.78 Å². The number of Topliss-reactive ketones (excluding diaryl/α,β-unsaturated/α-hetero) is 1. The van der Waals surface area contributed by atoms with E-state index in [2.05, 4.69) is 10.6 Å². The molecule has 0 saturated carbocycles. The van der Waals surface area contributed by atoms with Crippen LogP contribution in [0.15, 0.2) is 18.2 Å². The Morgan fingerprint density at radius 2 is 2.33 bits per heavy atom. The molecule has 18 heavy (non-hydrogen) atoms. The van der Waals surface area contributed by atoms with Crippen LogP contribution in [0.1, 0.15) is 23.7 Å². The number of anilines is 1. The Morgan fingerprint density at radius 1 is 1.50 bits per heavy atom. The van der Waals surface area contributed by atoms with E-state index in [1.54, 1.807) is 18.2 Å². The zero-order valence-corrected chi connectivity index (χ0v) is 10.3. The second kappa shape index (κ2) is 5.64. The Morgan fingerprint density at radius 3 is 3.11 bits per heavy atom. The molecule has 1 aromatic rings. The molecular formula is C13H16N2O3. The van der Waals surface area contributed by atoms with E-state index in [0.29, 0.717) is 36.6 Å². The third-order valence-corrected chi connectivity index (χ3v) is 2.70. The Labute approximate surface area is 106 Å². The lowest BCUT2D eigenvalue weighted by Crippen LogP contribution is -2.22. The molecule has 0 saturated heterocycles. The van der Waals surface area contributed by atoms with E-state index in [1.165, 1.54) is 0 Å². The molecule has 1 amide bonds. The molecule has 1 aliphatic heterocycles. The van der Waals surface area contributed by atoms with Gasteiger partial charge in [0.1, 0.15) is 5.75 Å². The molecule has 0 fully saturated rings. The summed E-state index contributed by atoms with van der Waals surface area (Å²) >= 11 is 0. The highest BCUT2D eigenvalue weighted by molar-refractivity contribution is 6.00. The van der Waals surface area contributed by atoms with Crippen molar-refractivity contribution in [1.29, 1.82) is 0 Å². The quantitative estimate of drug-likeness (QED) is 0.786. The van der Waals surface area contributed by atoms with Crippen molar-refractivity contribution < 1.29 is 14.3 Å². The van der Waals surface area contributed by atoms with Gasteiger partial charge in [0.2, 0.25) is 5.91 Å². The number of amides is 1. The summed E-state index contributed by atoms with van der Waals surface area (Å²) < 4.78 is 5.42. The van der Waals surface area contributed by atoms with Gasteiger partial charge in [0.25, 0.3) is 0 Å². The third kappa shape index (κ3) is 2.87. The van der Waals surface area contributed by atoms with Gasteiger partial charge in [-0.1, -0.05) is 6.92 Å². The summed E-state index contributed by atoms with van der Waals surface area (Å²) in [4.78, 5) is 23.3. The van der Waals surface area contributed by atoms with Crippen LogP contribution in [0.25, 0.3) is 0 Å². The number of carbonyl (C=O) groups excluding carboxylic acids is 2. The topological polar surface area (TPSA) is 67.4 Å². The van der Waals surface area contributed by atoms with Gasteiger partial charge in [0.05, 0.1) is 25.3 Å². The van der Waals surface area contributed by atoms with E-state index in [0.717, 1.165) is 6.54 Å². The normalized spacial score (nSPS) is 14.2. The standard InChI is InChI=1S/C13H16N2O3/c1-2-14-8-11(16)9-3-4-12-10(7-9)15-13(17)5-6-18-12/h3-4,7,14H,2,5-6,8H2,1H3,(H,15,17). The van der Waals surface area contributed by atoms with Crippen molar-refractivity contribution in [2.75, 3.05) is 25.0 Å². The Kier molecular flexibility index (Phi) is 3.94. The number of hydrogen-bond acceptors (Lipinski definition) is 4. The van der Waals surface area contributed by atoms with Crippen molar-refractivity contribution in [3.63, 3.8) is 0 Å². The number of hydrogen-bond donors (Lipinski definition) is 2. The summed E-state index contributed by atoms with van der Waals surface area (Å²) in [5.74, 6) is 0.518. The van der Waals surface area contributed by atoms with Crippen LogP contribution in [0, 0.1) is 0 Å². The summed E-state index contributed by atoms with van der Waals surface area (Å²) in [6, 6.07) is 5.11. The summed E-state index contributed by atoms with van der Waals surface area (Å²) in [6.07, 6.45) is 0.329. The number of nitrogens with one attached hydrogen (secondary N) is 2. The van der Waals surface area contributed by atoms with Crippen molar-refractivity contribution >= 4 is 17.4 Å². The molecule has 0 bridgehead atoms. The fourth-order valence-electron chi connectivity index (χ4n) is 1.73. The Bertz CT molecular complexity index is 471. The van der Waals surface area contributed by atoms with Gasteiger partial charge in [-0.05, 0) is 24.7 Å². The van der Waals surface area contributed by atoms with E-state index in [4.69, 9.17) is 4.74 Å². The minimum absolute atomic E-state index is 0.00172. The van der Waals surface area contributed by atoms with E-state index >= 15 is 0 Å². The predicted molar refractivity (Wildman–Crippen MR) is 68.1 cm³/mol. The molecule has 2 rings (SSSR count).